The maximum absolute atomic E-state index is 12.6. The van der Waals surface area contributed by atoms with Crippen molar-refractivity contribution in [1.82, 2.24) is 9.71 Å². The predicted octanol–water partition coefficient (Wildman–Crippen LogP) is 2.22. The zero-order valence-corrected chi connectivity index (χ0v) is 16.2. The van der Waals surface area contributed by atoms with E-state index in [0.29, 0.717) is 25.9 Å². The number of benzene rings is 1. The summed E-state index contributed by atoms with van der Waals surface area (Å²) < 4.78 is 28.2. The first kappa shape index (κ1) is 18.9. The van der Waals surface area contributed by atoms with Crippen LogP contribution < -0.4 is 9.62 Å². The number of anilines is 1. The number of sulfonamides is 1. The molecule has 8 heteroatoms. The lowest BCUT2D eigenvalue weighted by molar-refractivity contribution is 0.0690. The van der Waals surface area contributed by atoms with Gasteiger partial charge in [0.2, 0.25) is 10.0 Å². The molecule has 4 rings (SSSR count). The molecular weight excluding hydrogens is 378 g/mol. The first-order chi connectivity index (χ1) is 13.4. The number of carbonyl (C=O) groups is 1. The Kier molecular flexibility index (Phi) is 5.07. The lowest BCUT2D eigenvalue weighted by Gasteiger charge is -2.40. The number of piperidine rings is 1. The van der Waals surface area contributed by atoms with Gasteiger partial charge in [-0.25, -0.2) is 22.9 Å². The molecule has 2 heterocycles. The zero-order chi connectivity index (χ0) is 19.7. The van der Waals surface area contributed by atoms with Gasteiger partial charge >= 0.3 is 5.97 Å². The molecule has 1 aliphatic carbocycles. The van der Waals surface area contributed by atoms with E-state index in [4.69, 9.17) is 0 Å². The van der Waals surface area contributed by atoms with Crippen molar-refractivity contribution in [3.05, 3.63) is 59.9 Å². The Morgan fingerprint density at radius 1 is 1.14 bits per heavy atom. The Hall–Kier alpha value is -2.45. The molecule has 0 spiro atoms. The van der Waals surface area contributed by atoms with Gasteiger partial charge in [0.15, 0.2) is 0 Å². The van der Waals surface area contributed by atoms with E-state index >= 15 is 0 Å². The van der Waals surface area contributed by atoms with Crippen molar-refractivity contribution in [1.29, 1.82) is 0 Å². The standard InChI is InChI=1S/C20H23N3O4S/c24-20(25)18-12-15(8-10-21-18)23-11-9-17(14-4-2-1-3-5-14)19(13-23)22-28(26,27)16-6-7-16/h1-5,8,10,12,16-17,19,22H,6-7,9,11,13H2,(H,24,25)/t17-,19+/m0/s1. The third-order valence-electron chi connectivity index (χ3n) is 5.45. The number of hydrogen-bond acceptors (Lipinski definition) is 5. The van der Waals surface area contributed by atoms with Gasteiger partial charge in [-0.1, -0.05) is 30.3 Å². The normalized spacial score (nSPS) is 22.8. The van der Waals surface area contributed by atoms with Crippen LogP contribution in [-0.4, -0.2) is 48.9 Å². The molecule has 2 fully saturated rings. The highest BCUT2D eigenvalue weighted by atomic mass is 32.2. The van der Waals surface area contributed by atoms with Gasteiger partial charge in [0, 0.05) is 36.9 Å². The van der Waals surface area contributed by atoms with Crippen LogP contribution in [0.2, 0.25) is 0 Å². The van der Waals surface area contributed by atoms with E-state index in [2.05, 4.69) is 9.71 Å². The number of nitrogens with one attached hydrogen (secondary N) is 1. The molecule has 7 nitrogen and oxygen atoms in total. The Morgan fingerprint density at radius 3 is 2.57 bits per heavy atom. The fourth-order valence-corrected chi connectivity index (χ4v) is 5.43. The van der Waals surface area contributed by atoms with Crippen molar-refractivity contribution in [3.63, 3.8) is 0 Å². The Bertz CT molecular complexity index is 960. The molecule has 1 saturated carbocycles. The summed E-state index contributed by atoms with van der Waals surface area (Å²) in [7, 11) is -3.34. The molecule has 0 unspecified atom stereocenters. The van der Waals surface area contributed by atoms with E-state index in [1.165, 1.54) is 12.3 Å². The van der Waals surface area contributed by atoms with Gasteiger partial charge in [-0.3, -0.25) is 0 Å². The maximum Gasteiger partial charge on any atom is 0.354 e. The number of aromatic nitrogens is 1. The van der Waals surface area contributed by atoms with E-state index in [1.54, 1.807) is 6.07 Å². The number of nitrogens with zero attached hydrogens (tertiary/aromatic N) is 2. The number of pyridine rings is 1. The predicted molar refractivity (Wildman–Crippen MR) is 106 cm³/mol. The molecule has 2 atom stereocenters. The van der Waals surface area contributed by atoms with Crippen molar-refractivity contribution in [2.75, 3.05) is 18.0 Å². The van der Waals surface area contributed by atoms with Crippen molar-refractivity contribution in [2.45, 2.75) is 36.5 Å². The molecule has 1 saturated heterocycles. The second-order valence-corrected chi connectivity index (χ2v) is 9.42. The molecule has 0 bridgehead atoms. The van der Waals surface area contributed by atoms with E-state index in [0.717, 1.165) is 17.7 Å². The number of aromatic carboxylic acids is 1. The number of carboxylic acids is 1. The van der Waals surface area contributed by atoms with Gasteiger partial charge in [0.1, 0.15) is 5.69 Å². The second-order valence-electron chi connectivity index (χ2n) is 7.43. The van der Waals surface area contributed by atoms with E-state index in [9.17, 15) is 18.3 Å². The summed E-state index contributed by atoms with van der Waals surface area (Å²) in [5.74, 6) is -1.00. The van der Waals surface area contributed by atoms with Crippen LogP contribution in [0.5, 0.6) is 0 Å². The third-order valence-corrected chi connectivity index (χ3v) is 7.43. The molecule has 2 aliphatic rings. The Labute approximate surface area is 164 Å². The molecule has 1 aliphatic heterocycles. The molecule has 0 radical (unpaired) electrons. The van der Waals surface area contributed by atoms with Gasteiger partial charge in [0.05, 0.1) is 5.25 Å². The van der Waals surface area contributed by atoms with Crippen molar-refractivity contribution < 1.29 is 18.3 Å². The summed E-state index contributed by atoms with van der Waals surface area (Å²) in [5, 5.41) is 8.92. The summed E-state index contributed by atoms with van der Waals surface area (Å²) in [5.41, 5.74) is 1.85. The summed E-state index contributed by atoms with van der Waals surface area (Å²) in [6, 6.07) is 13.0. The van der Waals surface area contributed by atoms with Crippen molar-refractivity contribution in [2.24, 2.45) is 0 Å². The van der Waals surface area contributed by atoms with Crippen molar-refractivity contribution in [3.8, 4) is 0 Å². The van der Waals surface area contributed by atoms with Crippen LogP contribution in [0.3, 0.4) is 0 Å². The molecule has 2 N–H and O–H groups in total. The molecular formula is C20H23N3O4S. The first-order valence-electron chi connectivity index (χ1n) is 9.44. The smallest absolute Gasteiger partial charge is 0.354 e. The summed E-state index contributed by atoms with van der Waals surface area (Å²) in [4.78, 5) is 17.1. The molecule has 148 valence electrons. The topological polar surface area (TPSA) is 99.6 Å². The Morgan fingerprint density at radius 2 is 1.89 bits per heavy atom. The fraction of sp³-hybridized carbons (Fsp3) is 0.400. The van der Waals surface area contributed by atoms with Gasteiger partial charge in [-0.15, -0.1) is 0 Å². The fourth-order valence-electron chi connectivity index (χ4n) is 3.82. The monoisotopic (exact) mass is 401 g/mol. The van der Waals surface area contributed by atoms with Crippen molar-refractivity contribution >= 4 is 21.7 Å². The van der Waals surface area contributed by atoms with Crippen LogP contribution >= 0.6 is 0 Å². The van der Waals surface area contributed by atoms with Gasteiger partial charge in [0.25, 0.3) is 0 Å². The van der Waals surface area contributed by atoms with Gasteiger partial charge in [-0.2, -0.15) is 0 Å². The van der Waals surface area contributed by atoms with Crippen LogP contribution in [0.25, 0.3) is 0 Å². The summed E-state index contributed by atoms with van der Waals surface area (Å²) >= 11 is 0. The third kappa shape index (κ3) is 4.02. The molecule has 1 aromatic carbocycles. The van der Waals surface area contributed by atoms with E-state index in [-0.39, 0.29) is 22.9 Å². The average Bonchev–Trinajstić information content (AvgIpc) is 3.54. The maximum atomic E-state index is 12.6. The minimum absolute atomic E-state index is 0.0159. The highest BCUT2D eigenvalue weighted by molar-refractivity contribution is 7.90. The molecule has 1 aromatic heterocycles. The van der Waals surface area contributed by atoms with E-state index < -0.39 is 16.0 Å². The summed E-state index contributed by atoms with van der Waals surface area (Å²) in [6.45, 7) is 1.19. The van der Waals surface area contributed by atoms with Gasteiger partial charge < -0.3 is 10.0 Å². The van der Waals surface area contributed by atoms with E-state index in [1.807, 2.05) is 35.2 Å². The number of carboxylic acid groups (broad SMARTS) is 1. The molecule has 2 aromatic rings. The Balaban J connectivity index is 1.60. The molecule has 28 heavy (non-hydrogen) atoms. The number of hydrogen-bond donors (Lipinski definition) is 2. The number of rotatable bonds is 6. The summed E-state index contributed by atoms with van der Waals surface area (Å²) in [6.07, 6.45) is 3.68. The average molecular weight is 401 g/mol. The largest absolute Gasteiger partial charge is 0.477 e. The zero-order valence-electron chi connectivity index (χ0n) is 15.4. The quantitative estimate of drug-likeness (QED) is 0.770. The lowest BCUT2D eigenvalue weighted by Crippen LogP contribution is -2.52. The van der Waals surface area contributed by atoms with Crippen LogP contribution in [0, 0.1) is 0 Å². The molecule has 0 amide bonds. The van der Waals surface area contributed by atoms with Gasteiger partial charge in [-0.05, 0) is 37.0 Å². The SMILES string of the molecule is O=C(O)c1cc(N2CC[C@@H](c3ccccc3)[C@H](NS(=O)(=O)C3CC3)C2)ccn1. The highest BCUT2D eigenvalue weighted by Gasteiger charge is 2.40. The van der Waals surface area contributed by atoms with Crippen LogP contribution in [0.1, 0.15) is 41.2 Å². The van der Waals surface area contributed by atoms with Crippen LogP contribution in [0.15, 0.2) is 48.7 Å². The highest BCUT2D eigenvalue weighted by Crippen LogP contribution is 2.34. The minimum atomic E-state index is -3.34. The van der Waals surface area contributed by atoms with Crippen LogP contribution in [0.4, 0.5) is 5.69 Å². The minimum Gasteiger partial charge on any atom is -0.477 e. The lowest BCUT2D eigenvalue weighted by atomic mass is 9.85. The first-order valence-corrected chi connectivity index (χ1v) is 11.0. The second kappa shape index (κ2) is 7.52. The van der Waals surface area contributed by atoms with Crippen LogP contribution in [-0.2, 0) is 10.0 Å².